The van der Waals surface area contributed by atoms with Gasteiger partial charge >= 0.3 is 0 Å². The van der Waals surface area contributed by atoms with Gasteiger partial charge in [-0.1, -0.05) is 6.07 Å². The molecule has 0 radical (unpaired) electrons. The summed E-state index contributed by atoms with van der Waals surface area (Å²) in [6, 6.07) is 14.7. The van der Waals surface area contributed by atoms with Gasteiger partial charge in [0.25, 0.3) is 15.9 Å². The lowest BCUT2D eigenvalue weighted by atomic mass is 10.2. The quantitative estimate of drug-likeness (QED) is 0.378. The number of pyridine rings is 1. The molecule has 1 heterocycles. The Hall–Kier alpha value is -3.79. The number of anilines is 2. The Morgan fingerprint density at radius 1 is 1.00 bits per heavy atom. The zero-order valence-electron chi connectivity index (χ0n) is 17.4. The molecule has 3 rings (SSSR count). The van der Waals surface area contributed by atoms with E-state index in [9.17, 15) is 13.2 Å². The number of primary amides is 1. The Morgan fingerprint density at radius 2 is 1.78 bits per heavy atom. The number of aromatic nitrogens is 1. The lowest BCUT2D eigenvalue weighted by molar-refractivity contribution is -0.119. The van der Waals surface area contributed by atoms with Crippen molar-refractivity contribution in [1.82, 2.24) is 4.98 Å². The van der Waals surface area contributed by atoms with Crippen LogP contribution in [0.4, 0.5) is 11.4 Å². The Bertz CT molecular complexity index is 1170. The summed E-state index contributed by atoms with van der Waals surface area (Å²) in [5.41, 5.74) is 7.19. The smallest absolute Gasteiger partial charge is 0.262 e. The number of carbonyl (C=O) groups excluding carboxylic acids is 1. The van der Waals surface area contributed by atoms with Crippen LogP contribution in [0.3, 0.4) is 0 Å². The van der Waals surface area contributed by atoms with Crippen molar-refractivity contribution < 1.29 is 22.7 Å². The zero-order chi connectivity index (χ0) is 23.0. The van der Waals surface area contributed by atoms with Crippen molar-refractivity contribution >= 4 is 27.3 Å². The van der Waals surface area contributed by atoms with Gasteiger partial charge < -0.3 is 20.5 Å². The highest BCUT2D eigenvalue weighted by Crippen LogP contribution is 2.25. The first-order chi connectivity index (χ1) is 15.3. The molecule has 10 heteroatoms. The summed E-state index contributed by atoms with van der Waals surface area (Å²) in [6.45, 7) is 2.46. The maximum absolute atomic E-state index is 12.8. The van der Waals surface area contributed by atoms with Crippen LogP contribution in [-0.2, 0) is 14.8 Å². The molecule has 0 aliphatic carbocycles. The van der Waals surface area contributed by atoms with Crippen molar-refractivity contribution in [2.24, 2.45) is 5.73 Å². The Balaban J connectivity index is 1.64. The third-order valence-electron chi connectivity index (χ3n) is 4.18. The molecule has 0 fully saturated rings. The second kappa shape index (κ2) is 10.5. The number of hydrogen-bond donors (Lipinski definition) is 3. The molecule has 0 bridgehead atoms. The first-order valence-corrected chi connectivity index (χ1v) is 11.2. The average Bonchev–Trinajstić information content (AvgIpc) is 2.75. The molecule has 2 aromatic carbocycles. The second-order valence-electron chi connectivity index (χ2n) is 6.88. The van der Waals surface area contributed by atoms with E-state index in [-0.39, 0.29) is 17.3 Å². The largest absolute Gasteiger partial charge is 0.492 e. The third kappa shape index (κ3) is 6.88. The van der Waals surface area contributed by atoms with Crippen molar-refractivity contribution in [3.63, 3.8) is 0 Å². The van der Waals surface area contributed by atoms with Crippen LogP contribution in [-0.4, -0.2) is 39.1 Å². The van der Waals surface area contributed by atoms with E-state index in [0.717, 1.165) is 11.3 Å². The number of rotatable bonds is 11. The highest BCUT2D eigenvalue weighted by atomic mass is 32.2. The highest BCUT2D eigenvalue weighted by molar-refractivity contribution is 7.92. The lowest BCUT2D eigenvalue weighted by Crippen LogP contribution is -2.20. The molecular weight excluding hydrogens is 432 g/mol. The molecule has 1 aromatic heterocycles. The van der Waals surface area contributed by atoms with Crippen LogP contribution >= 0.6 is 0 Å². The number of amides is 1. The highest BCUT2D eigenvalue weighted by Gasteiger charge is 2.16. The van der Waals surface area contributed by atoms with Crippen LogP contribution in [0.2, 0.25) is 0 Å². The molecule has 0 saturated heterocycles. The number of carbonyl (C=O) groups is 1. The average molecular weight is 457 g/mol. The zero-order valence-corrected chi connectivity index (χ0v) is 18.3. The van der Waals surface area contributed by atoms with Gasteiger partial charge in [-0.25, -0.2) is 8.42 Å². The van der Waals surface area contributed by atoms with E-state index in [0.29, 0.717) is 24.6 Å². The van der Waals surface area contributed by atoms with E-state index < -0.39 is 15.9 Å². The second-order valence-corrected chi connectivity index (χ2v) is 8.56. The Morgan fingerprint density at radius 3 is 2.53 bits per heavy atom. The van der Waals surface area contributed by atoms with Gasteiger partial charge in [-0.3, -0.25) is 14.5 Å². The first-order valence-electron chi connectivity index (χ1n) is 9.74. The number of aryl methyl sites for hydroxylation is 1. The van der Waals surface area contributed by atoms with E-state index in [1.807, 2.05) is 25.1 Å². The summed E-state index contributed by atoms with van der Waals surface area (Å²) < 4.78 is 39.1. The predicted octanol–water partition coefficient (Wildman–Crippen LogP) is 2.55. The molecule has 0 aliphatic rings. The molecule has 1 amide bonds. The SMILES string of the molecule is Cc1cc(NS(=O)(=O)c2cccc(OCC(N)=O)c2)cc(OCCNc2ccncc2)c1. The van der Waals surface area contributed by atoms with Crippen LogP contribution in [0.25, 0.3) is 0 Å². The summed E-state index contributed by atoms with van der Waals surface area (Å²) >= 11 is 0. The maximum atomic E-state index is 12.8. The van der Waals surface area contributed by atoms with Crippen LogP contribution < -0.4 is 25.2 Å². The summed E-state index contributed by atoms with van der Waals surface area (Å²) in [6.07, 6.45) is 3.39. The fraction of sp³-hybridized carbons (Fsp3) is 0.182. The molecule has 0 aliphatic heterocycles. The third-order valence-corrected chi connectivity index (χ3v) is 5.56. The van der Waals surface area contributed by atoms with Crippen molar-refractivity contribution in [3.05, 3.63) is 72.6 Å². The number of nitrogens with two attached hydrogens (primary N) is 1. The summed E-state index contributed by atoms with van der Waals surface area (Å²) in [7, 11) is -3.89. The van der Waals surface area contributed by atoms with Crippen LogP contribution in [0.1, 0.15) is 5.56 Å². The van der Waals surface area contributed by atoms with Gasteiger partial charge in [0.15, 0.2) is 6.61 Å². The van der Waals surface area contributed by atoms with Crippen molar-refractivity contribution in [2.45, 2.75) is 11.8 Å². The molecule has 32 heavy (non-hydrogen) atoms. The van der Waals surface area contributed by atoms with Gasteiger partial charge in [0.05, 0.1) is 10.6 Å². The minimum Gasteiger partial charge on any atom is -0.492 e. The fourth-order valence-corrected chi connectivity index (χ4v) is 3.90. The minimum absolute atomic E-state index is 0.00926. The van der Waals surface area contributed by atoms with E-state index in [1.54, 1.807) is 30.6 Å². The van der Waals surface area contributed by atoms with Crippen molar-refractivity contribution in [2.75, 3.05) is 29.8 Å². The molecule has 0 unspecified atom stereocenters. The van der Waals surface area contributed by atoms with Crippen molar-refractivity contribution in [3.8, 4) is 11.5 Å². The molecule has 4 N–H and O–H groups in total. The van der Waals surface area contributed by atoms with Gasteiger partial charge in [0, 0.05) is 36.8 Å². The molecule has 9 nitrogen and oxygen atoms in total. The van der Waals surface area contributed by atoms with Gasteiger partial charge in [-0.2, -0.15) is 0 Å². The Kier molecular flexibility index (Phi) is 7.50. The van der Waals surface area contributed by atoms with Gasteiger partial charge in [0.1, 0.15) is 18.1 Å². The van der Waals surface area contributed by atoms with Gasteiger partial charge in [0.2, 0.25) is 0 Å². The number of sulfonamides is 1. The minimum atomic E-state index is -3.89. The van der Waals surface area contributed by atoms with E-state index in [1.165, 1.54) is 18.2 Å². The summed E-state index contributed by atoms with van der Waals surface area (Å²) in [4.78, 5) is 14.8. The maximum Gasteiger partial charge on any atom is 0.262 e. The molecule has 0 atom stereocenters. The van der Waals surface area contributed by atoms with E-state index in [4.69, 9.17) is 15.2 Å². The molecular formula is C22H24N4O5S. The topological polar surface area (TPSA) is 133 Å². The Labute approximate surface area is 186 Å². The van der Waals surface area contributed by atoms with Gasteiger partial charge in [-0.15, -0.1) is 0 Å². The number of nitrogens with zero attached hydrogens (tertiary/aromatic N) is 1. The number of ether oxygens (including phenoxy) is 2. The van der Waals surface area contributed by atoms with Crippen LogP contribution in [0, 0.1) is 6.92 Å². The van der Waals surface area contributed by atoms with E-state index in [2.05, 4.69) is 15.0 Å². The van der Waals surface area contributed by atoms with Crippen LogP contribution in [0.15, 0.2) is 71.9 Å². The molecule has 3 aromatic rings. The fourth-order valence-electron chi connectivity index (χ4n) is 2.82. The first kappa shape index (κ1) is 22.9. The summed E-state index contributed by atoms with van der Waals surface area (Å²) in [5.74, 6) is 0.110. The number of benzene rings is 2. The predicted molar refractivity (Wildman–Crippen MR) is 121 cm³/mol. The number of nitrogens with one attached hydrogen (secondary N) is 2. The van der Waals surface area contributed by atoms with E-state index >= 15 is 0 Å². The van der Waals surface area contributed by atoms with Crippen LogP contribution in [0.5, 0.6) is 11.5 Å². The van der Waals surface area contributed by atoms with Gasteiger partial charge in [-0.05, 0) is 48.9 Å². The van der Waals surface area contributed by atoms with Crippen molar-refractivity contribution in [1.29, 1.82) is 0 Å². The normalized spacial score (nSPS) is 10.9. The molecule has 0 spiro atoms. The summed E-state index contributed by atoms with van der Waals surface area (Å²) in [5, 5.41) is 3.21. The molecule has 168 valence electrons. The molecule has 0 saturated carbocycles. The number of hydrogen-bond acceptors (Lipinski definition) is 7. The standard InChI is InChI=1S/C22H24N4O5S/c1-16-11-18(13-20(12-16)30-10-9-25-17-5-7-24-8-6-17)26-32(28,29)21-4-2-3-19(14-21)31-15-22(23)27/h2-8,11-14,26H,9-10,15H2,1H3,(H2,23,27)(H,24,25). The lowest BCUT2D eigenvalue weighted by Gasteiger charge is -2.13. The monoisotopic (exact) mass is 456 g/mol.